The highest BCUT2D eigenvalue weighted by Crippen LogP contribution is 2.33. The number of anilines is 2. The lowest BCUT2D eigenvalue weighted by Crippen LogP contribution is -2.40. The molecule has 0 saturated carbocycles. The molecule has 2 aliphatic heterocycles. The van der Waals surface area contributed by atoms with Gasteiger partial charge in [-0.3, -0.25) is 19.6 Å². The molecule has 0 bridgehead atoms. The van der Waals surface area contributed by atoms with E-state index in [2.05, 4.69) is 80.5 Å². The van der Waals surface area contributed by atoms with Gasteiger partial charge in [0.25, 0.3) is 0 Å². The van der Waals surface area contributed by atoms with Crippen LogP contribution in [-0.2, 0) is 22.5 Å². The fourth-order valence-electron chi connectivity index (χ4n) is 7.02. The number of hydrogen-bond donors (Lipinski definition) is 3. The molecule has 3 aromatic heterocycles. The monoisotopic (exact) mass is 618 g/mol. The average Bonchev–Trinajstić information content (AvgIpc) is 3.48. The number of H-pyrrole nitrogens is 1. The predicted molar refractivity (Wildman–Crippen MR) is 183 cm³/mol. The summed E-state index contributed by atoms with van der Waals surface area (Å²) in [7, 11) is 0. The standard InChI is InChI=1S/C37H42N6O3/c1-25-32(27-8-9-28-20-30(40-34(28)21-27)11-14-42-15-17-46-18-16-42)6-4-7-33(25)41-37-36-29(10-12-38-37)19-26(23-39-36)24-43-13-3-2-5-31(43)22-35(44)45/h4,6-10,12,19-21,23,31,40H,2-3,5,11,13-18,22,24H2,1H3,(H,38,41)(H,44,45). The second-order valence-electron chi connectivity index (χ2n) is 12.7. The first-order valence-corrected chi connectivity index (χ1v) is 16.5. The van der Waals surface area contributed by atoms with Crippen molar-refractivity contribution < 1.29 is 14.6 Å². The zero-order valence-electron chi connectivity index (χ0n) is 26.5. The van der Waals surface area contributed by atoms with Crippen molar-refractivity contribution in [3.63, 3.8) is 0 Å². The van der Waals surface area contributed by atoms with E-state index in [1.165, 1.54) is 22.2 Å². The number of nitrogens with zero attached hydrogens (tertiary/aromatic N) is 4. The van der Waals surface area contributed by atoms with Gasteiger partial charge in [0.1, 0.15) is 5.52 Å². The minimum Gasteiger partial charge on any atom is -0.481 e. The van der Waals surface area contributed by atoms with Crippen LogP contribution in [0, 0.1) is 6.92 Å². The van der Waals surface area contributed by atoms with E-state index >= 15 is 0 Å². The summed E-state index contributed by atoms with van der Waals surface area (Å²) in [6.45, 7) is 8.48. The molecular formula is C37H42N6O3. The molecular weight excluding hydrogens is 576 g/mol. The predicted octanol–water partition coefficient (Wildman–Crippen LogP) is 6.53. The smallest absolute Gasteiger partial charge is 0.304 e. The number of aromatic amines is 1. The lowest BCUT2D eigenvalue weighted by Gasteiger charge is -2.34. The molecule has 0 spiro atoms. The van der Waals surface area contributed by atoms with Crippen LogP contribution in [0.2, 0.25) is 0 Å². The lowest BCUT2D eigenvalue weighted by atomic mass is 9.98. The number of morpholine rings is 1. The van der Waals surface area contributed by atoms with Gasteiger partial charge in [0, 0.05) is 73.3 Å². The zero-order valence-corrected chi connectivity index (χ0v) is 26.5. The van der Waals surface area contributed by atoms with Gasteiger partial charge in [-0.1, -0.05) is 30.7 Å². The van der Waals surface area contributed by atoms with Crippen LogP contribution >= 0.6 is 0 Å². The number of likely N-dealkylation sites (tertiary alicyclic amines) is 1. The zero-order chi connectivity index (χ0) is 31.5. The number of piperidine rings is 1. The first-order valence-electron chi connectivity index (χ1n) is 16.5. The van der Waals surface area contributed by atoms with Crippen LogP contribution in [0.15, 0.2) is 67.0 Å². The van der Waals surface area contributed by atoms with Gasteiger partial charge in [0.05, 0.1) is 19.6 Å². The molecule has 3 N–H and O–H groups in total. The maximum Gasteiger partial charge on any atom is 0.304 e. The Morgan fingerprint density at radius 1 is 1.04 bits per heavy atom. The summed E-state index contributed by atoms with van der Waals surface area (Å²) >= 11 is 0. The Morgan fingerprint density at radius 2 is 1.93 bits per heavy atom. The van der Waals surface area contributed by atoms with Gasteiger partial charge in [0.2, 0.25) is 0 Å². The number of pyridine rings is 2. The van der Waals surface area contributed by atoms with Crippen molar-refractivity contribution in [3.05, 3.63) is 83.8 Å². The molecule has 7 rings (SSSR count). The minimum absolute atomic E-state index is 0.0759. The second kappa shape index (κ2) is 13.6. The Kier molecular flexibility index (Phi) is 8.96. The van der Waals surface area contributed by atoms with E-state index in [0.717, 1.165) is 104 Å². The Hall–Kier alpha value is -4.31. The maximum atomic E-state index is 11.4. The largest absolute Gasteiger partial charge is 0.481 e. The summed E-state index contributed by atoms with van der Waals surface area (Å²) in [6, 6.07) is 19.5. The number of rotatable bonds is 10. The number of hydrogen-bond acceptors (Lipinski definition) is 7. The molecule has 0 amide bonds. The number of carboxylic acid groups (broad SMARTS) is 1. The van der Waals surface area contributed by atoms with E-state index < -0.39 is 5.97 Å². The summed E-state index contributed by atoms with van der Waals surface area (Å²) in [6.07, 6.45) is 8.03. The van der Waals surface area contributed by atoms with Crippen molar-refractivity contribution in [3.8, 4) is 11.1 Å². The molecule has 0 radical (unpaired) electrons. The number of fused-ring (bicyclic) bond motifs is 2. The highest BCUT2D eigenvalue weighted by molar-refractivity contribution is 5.91. The molecule has 2 saturated heterocycles. The van der Waals surface area contributed by atoms with Crippen molar-refractivity contribution >= 4 is 39.3 Å². The van der Waals surface area contributed by atoms with Gasteiger partial charge < -0.3 is 20.1 Å². The fourth-order valence-corrected chi connectivity index (χ4v) is 7.02. The topological polar surface area (TPSA) is 107 Å². The fraction of sp³-hybridized carbons (Fsp3) is 0.378. The van der Waals surface area contributed by atoms with Gasteiger partial charge in [-0.05, 0) is 84.3 Å². The summed E-state index contributed by atoms with van der Waals surface area (Å²) in [5.41, 5.74) is 8.79. The van der Waals surface area contributed by atoms with E-state index in [0.29, 0.717) is 6.54 Å². The Morgan fingerprint density at radius 3 is 2.80 bits per heavy atom. The number of nitrogens with one attached hydrogen (secondary N) is 2. The average molecular weight is 619 g/mol. The molecule has 46 heavy (non-hydrogen) atoms. The van der Waals surface area contributed by atoms with Crippen molar-refractivity contribution in [1.29, 1.82) is 0 Å². The first-order chi connectivity index (χ1) is 22.5. The summed E-state index contributed by atoms with van der Waals surface area (Å²) < 4.78 is 5.49. The van der Waals surface area contributed by atoms with Crippen LogP contribution in [0.5, 0.6) is 0 Å². The van der Waals surface area contributed by atoms with Crippen LogP contribution < -0.4 is 5.32 Å². The van der Waals surface area contributed by atoms with Crippen molar-refractivity contribution in [1.82, 2.24) is 24.8 Å². The molecule has 9 heteroatoms. The molecule has 2 aromatic carbocycles. The Balaban J connectivity index is 1.08. The normalized spacial score (nSPS) is 17.9. The van der Waals surface area contributed by atoms with E-state index in [-0.39, 0.29) is 12.5 Å². The second-order valence-corrected chi connectivity index (χ2v) is 12.7. The van der Waals surface area contributed by atoms with Gasteiger partial charge in [-0.2, -0.15) is 0 Å². The summed E-state index contributed by atoms with van der Waals surface area (Å²) in [5, 5.41) is 15.2. The third kappa shape index (κ3) is 6.77. The molecule has 238 valence electrons. The Bertz CT molecular complexity index is 1850. The van der Waals surface area contributed by atoms with Crippen LogP contribution in [0.3, 0.4) is 0 Å². The summed E-state index contributed by atoms with van der Waals surface area (Å²) in [5.74, 6) is -0.0143. The molecule has 1 atom stereocenters. The molecule has 0 aliphatic carbocycles. The van der Waals surface area contributed by atoms with Gasteiger partial charge >= 0.3 is 5.97 Å². The number of aromatic nitrogens is 3. The van der Waals surface area contributed by atoms with E-state index in [1.54, 1.807) is 0 Å². The number of ether oxygens (including phenoxy) is 1. The van der Waals surface area contributed by atoms with Crippen LogP contribution in [0.25, 0.3) is 32.9 Å². The van der Waals surface area contributed by atoms with Gasteiger partial charge in [-0.25, -0.2) is 4.98 Å². The highest BCUT2D eigenvalue weighted by atomic mass is 16.5. The number of carbonyl (C=O) groups is 1. The lowest BCUT2D eigenvalue weighted by molar-refractivity contribution is -0.138. The minimum atomic E-state index is -0.733. The number of benzene rings is 2. The van der Waals surface area contributed by atoms with Crippen LogP contribution in [-0.4, -0.2) is 81.3 Å². The van der Waals surface area contributed by atoms with Crippen molar-refractivity contribution in [2.75, 3.05) is 44.7 Å². The Labute approximate surface area is 269 Å². The van der Waals surface area contributed by atoms with E-state index in [1.807, 2.05) is 18.5 Å². The van der Waals surface area contributed by atoms with E-state index in [4.69, 9.17) is 9.72 Å². The molecule has 9 nitrogen and oxygen atoms in total. The molecule has 1 unspecified atom stereocenters. The van der Waals surface area contributed by atoms with Gasteiger partial charge in [-0.15, -0.1) is 0 Å². The van der Waals surface area contributed by atoms with Gasteiger partial charge in [0.15, 0.2) is 5.82 Å². The third-order valence-corrected chi connectivity index (χ3v) is 9.58. The number of aliphatic carboxylic acids is 1. The first kappa shape index (κ1) is 30.3. The quantitative estimate of drug-likeness (QED) is 0.162. The summed E-state index contributed by atoms with van der Waals surface area (Å²) in [4.78, 5) is 29.3. The van der Waals surface area contributed by atoms with E-state index in [9.17, 15) is 9.90 Å². The maximum absolute atomic E-state index is 11.4. The molecule has 5 heterocycles. The molecule has 2 aliphatic rings. The third-order valence-electron chi connectivity index (χ3n) is 9.58. The molecule has 5 aromatic rings. The highest BCUT2D eigenvalue weighted by Gasteiger charge is 2.25. The molecule has 2 fully saturated rings. The van der Waals surface area contributed by atoms with Crippen LogP contribution in [0.4, 0.5) is 11.5 Å². The SMILES string of the molecule is Cc1c(Nc2nccc3cc(CN4CCCCC4CC(=O)O)cnc23)cccc1-c1ccc2cc(CCN3CCOCC3)[nH]c2c1. The van der Waals surface area contributed by atoms with Crippen molar-refractivity contribution in [2.24, 2.45) is 0 Å². The van der Waals surface area contributed by atoms with Crippen molar-refractivity contribution in [2.45, 2.75) is 51.6 Å². The number of carboxylic acids is 1. The van der Waals surface area contributed by atoms with Crippen LogP contribution in [0.1, 0.15) is 42.5 Å².